The number of hydrogen-bond acceptors (Lipinski definition) is 7. The number of aromatic amines is 1. The number of rotatable bonds is 4. The smallest absolute Gasteiger partial charge is 0.406 e. The van der Waals surface area contributed by atoms with Crippen molar-refractivity contribution in [2.45, 2.75) is 32.5 Å². The first-order valence-electron chi connectivity index (χ1n) is 10.4. The number of pyridine rings is 1. The summed E-state index contributed by atoms with van der Waals surface area (Å²) in [5, 5.41) is 2.96. The summed E-state index contributed by atoms with van der Waals surface area (Å²) >= 11 is 1.09. The standard InChI is InChI=1S/C22H17F3N4O4S/c1-10-2-7-15-11(8-10)9-14-16(26)19(34-20(14)27-15)18(30)17-21(31)33-28-29(17)12-3-5-13(6-4-12)32-22(23,24)25/h3-6,9-10H,2,7-8H2,1H3,(H2-,26,28,30,31)/p+1. The van der Waals surface area contributed by atoms with E-state index in [0.717, 1.165) is 58.7 Å². The van der Waals surface area contributed by atoms with Crippen molar-refractivity contribution in [2.24, 2.45) is 5.92 Å². The summed E-state index contributed by atoms with van der Waals surface area (Å²) < 4.78 is 47.0. The van der Waals surface area contributed by atoms with Gasteiger partial charge in [-0.3, -0.25) is 9.32 Å². The van der Waals surface area contributed by atoms with Crippen LogP contribution in [0.25, 0.3) is 15.9 Å². The molecule has 1 atom stereocenters. The van der Waals surface area contributed by atoms with Crippen LogP contribution in [0, 0.1) is 5.92 Å². The number of halogens is 3. The van der Waals surface area contributed by atoms with Gasteiger partial charge in [0, 0.05) is 23.2 Å². The molecule has 0 amide bonds. The molecule has 0 fully saturated rings. The van der Waals surface area contributed by atoms with Crippen LogP contribution in [0.15, 0.2) is 39.6 Å². The Labute approximate surface area is 193 Å². The average molecular weight is 491 g/mol. The molecular formula is C22H18F3N4O4S+. The van der Waals surface area contributed by atoms with Crippen molar-refractivity contribution in [1.29, 1.82) is 0 Å². The van der Waals surface area contributed by atoms with Gasteiger partial charge in [-0.15, -0.1) is 24.5 Å². The summed E-state index contributed by atoms with van der Waals surface area (Å²) in [5.41, 5.74) is 7.49. The minimum absolute atomic E-state index is 0.135. The molecule has 1 unspecified atom stereocenters. The summed E-state index contributed by atoms with van der Waals surface area (Å²) in [6.07, 6.45) is -2.08. The van der Waals surface area contributed by atoms with Crippen LogP contribution in [0.1, 0.15) is 40.0 Å². The lowest BCUT2D eigenvalue weighted by Crippen LogP contribution is -2.41. The minimum atomic E-state index is -4.84. The first-order valence-corrected chi connectivity index (χ1v) is 11.2. The average Bonchev–Trinajstić information content (AvgIpc) is 3.31. The molecule has 4 aromatic rings. The molecule has 0 radical (unpaired) electrons. The zero-order valence-corrected chi connectivity index (χ0v) is 18.5. The van der Waals surface area contributed by atoms with E-state index in [1.165, 1.54) is 12.1 Å². The number of ketones is 1. The number of aromatic nitrogens is 3. The molecule has 0 spiro atoms. The third-order valence-corrected chi connectivity index (χ3v) is 6.84. The fourth-order valence-electron chi connectivity index (χ4n) is 4.09. The van der Waals surface area contributed by atoms with Crippen LogP contribution in [0.2, 0.25) is 0 Å². The van der Waals surface area contributed by atoms with E-state index in [2.05, 4.69) is 16.9 Å². The van der Waals surface area contributed by atoms with Crippen LogP contribution >= 0.6 is 11.3 Å². The molecule has 176 valence electrons. The maximum Gasteiger partial charge on any atom is 0.573 e. The highest BCUT2D eigenvalue weighted by Crippen LogP contribution is 2.37. The lowest BCUT2D eigenvalue weighted by molar-refractivity contribution is -0.672. The van der Waals surface area contributed by atoms with E-state index in [9.17, 15) is 22.8 Å². The maximum atomic E-state index is 13.4. The van der Waals surface area contributed by atoms with Crippen molar-refractivity contribution in [2.75, 3.05) is 5.73 Å². The van der Waals surface area contributed by atoms with Crippen molar-refractivity contribution in [3.63, 3.8) is 0 Å². The van der Waals surface area contributed by atoms with Gasteiger partial charge in [0.15, 0.2) is 0 Å². The zero-order valence-electron chi connectivity index (χ0n) is 17.7. The topological polar surface area (TPSA) is 115 Å². The van der Waals surface area contributed by atoms with Gasteiger partial charge in [-0.1, -0.05) is 6.92 Å². The molecule has 0 saturated heterocycles. The molecule has 0 saturated carbocycles. The summed E-state index contributed by atoms with van der Waals surface area (Å²) in [7, 11) is 0. The van der Waals surface area contributed by atoms with Crippen LogP contribution in [0.5, 0.6) is 5.75 Å². The van der Waals surface area contributed by atoms with Crippen LogP contribution in [-0.4, -0.2) is 22.4 Å². The number of carbonyl (C=O) groups is 1. The SMILES string of the molecule is CC1CCc2nc3sc(C(=O)c4c(=O)o[nH][n+]4-c4ccc(OC(F)(F)F)cc4)c(N)c3cc2C1. The second kappa shape index (κ2) is 7.97. The van der Waals surface area contributed by atoms with Gasteiger partial charge in [-0.2, -0.15) is 0 Å². The lowest BCUT2D eigenvalue weighted by atomic mass is 9.87. The number of aryl methyl sites for hydroxylation is 1. The molecule has 1 aromatic carbocycles. The number of nitrogen functional groups attached to an aromatic ring is 1. The number of alkyl halides is 3. The van der Waals surface area contributed by atoms with Gasteiger partial charge >= 0.3 is 17.7 Å². The van der Waals surface area contributed by atoms with E-state index in [0.29, 0.717) is 16.1 Å². The first-order chi connectivity index (χ1) is 16.1. The number of anilines is 1. The molecule has 5 rings (SSSR count). The summed E-state index contributed by atoms with van der Waals surface area (Å²) in [6.45, 7) is 2.17. The summed E-state index contributed by atoms with van der Waals surface area (Å²) in [4.78, 5) is 31.2. The zero-order chi connectivity index (χ0) is 24.2. The van der Waals surface area contributed by atoms with Gasteiger partial charge in [0.2, 0.25) is 5.69 Å². The van der Waals surface area contributed by atoms with Gasteiger partial charge in [0.25, 0.3) is 5.78 Å². The monoisotopic (exact) mass is 491 g/mol. The number of benzene rings is 1. The number of fused-ring (bicyclic) bond motifs is 2. The number of H-pyrrole nitrogens is 1. The first kappa shape index (κ1) is 22.1. The molecule has 3 aromatic heterocycles. The van der Waals surface area contributed by atoms with E-state index in [1.54, 1.807) is 0 Å². The van der Waals surface area contributed by atoms with Gasteiger partial charge < -0.3 is 10.5 Å². The molecular weight excluding hydrogens is 473 g/mol. The number of ether oxygens (including phenoxy) is 1. The minimum Gasteiger partial charge on any atom is -0.406 e. The largest absolute Gasteiger partial charge is 0.573 e. The predicted molar refractivity (Wildman–Crippen MR) is 116 cm³/mol. The van der Waals surface area contributed by atoms with Crippen molar-refractivity contribution >= 4 is 33.0 Å². The number of nitrogens with one attached hydrogen (secondary N) is 1. The molecule has 3 N–H and O–H groups in total. The van der Waals surface area contributed by atoms with Crippen LogP contribution in [0.4, 0.5) is 18.9 Å². The molecule has 1 aliphatic rings. The van der Waals surface area contributed by atoms with Crippen molar-refractivity contribution in [3.05, 3.63) is 62.6 Å². The quantitative estimate of drug-likeness (QED) is 0.332. The van der Waals surface area contributed by atoms with Crippen LogP contribution < -0.4 is 20.8 Å². The predicted octanol–water partition coefficient (Wildman–Crippen LogP) is 3.69. The highest BCUT2D eigenvalue weighted by atomic mass is 32.1. The van der Waals surface area contributed by atoms with Gasteiger partial charge in [-0.25, -0.2) is 9.78 Å². The van der Waals surface area contributed by atoms with Crippen molar-refractivity contribution in [1.82, 2.24) is 10.3 Å². The molecule has 3 heterocycles. The Morgan fingerprint density at radius 2 is 2.06 bits per heavy atom. The molecule has 0 aliphatic heterocycles. The Morgan fingerprint density at radius 1 is 1.32 bits per heavy atom. The Balaban J connectivity index is 1.53. The van der Waals surface area contributed by atoms with Crippen LogP contribution in [-0.2, 0) is 12.8 Å². The Hall–Kier alpha value is -3.67. The Bertz CT molecular complexity index is 1470. The Morgan fingerprint density at radius 3 is 2.76 bits per heavy atom. The number of nitrogens with zero attached hydrogens (tertiary/aromatic N) is 2. The molecule has 8 nitrogen and oxygen atoms in total. The number of nitrogens with two attached hydrogens (primary N) is 1. The third kappa shape index (κ3) is 3.94. The van der Waals surface area contributed by atoms with E-state index in [4.69, 9.17) is 15.2 Å². The van der Waals surface area contributed by atoms with Gasteiger partial charge in [0.1, 0.15) is 15.5 Å². The highest BCUT2D eigenvalue weighted by molar-refractivity contribution is 7.21. The summed E-state index contributed by atoms with van der Waals surface area (Å²) in [6, 6.07) is 6.56. The number of thiophene rings is 1. The van der Waals surface area contributed by atoms with Crippen molar-refractivity contribution < 1.29 is 31.9 Å². The molecule has 0 bridgehead atoms. The second-order valence-corrected chi connectivity index (χ2v) is 9.17. The maximum absolute atomic E-state index is 13.4. The molecule has 1 aliphatic carbocycles. The fraction of sp³-hybridized carbons (Fsp3) is 0.273. The normalized spacial score (nSPS) is 15.9. The van der Waals surface area contributed by atoms with E-state index in [1.807, 2.05) is 6.07 Å². The summed E-state index contributed by atoms with van der Waals surface area (Å²) in [5.74, 6) is -0.602. The number of hydrogen-bond donors (Lipinski definition) is 2. The van der Waals surface area contributed by atoms with Gasteiger partial charge in [0.05, 0.1) is 5.69 Å². The molecule has 34 heavy (non-hydrogen) atoms. The van der Waals surface area contributed by atoms with Crippen LogP contribution in [0.3, 0.4) is 0 Å². The second-order valence-electron chi connectivity index (χ2n) is 8.18. The fourth-order valence-corrected chi connectivity index (χ4v) is 5.13. The lowest BCUT2D eigenvalue weighted by Gasteiger charge is -2.20. The number of carbonyl (C=O) groups excluding carboxylic acids is 1. The van der Waals surface area contributed by atoms with Gasteiger partial charge in [-0.05, 0) is 58.9 Å². The van der Waals surface area contributed by atoms with E-state index in [-0.39, 0.29) is 21.9 Å². The highest BCUT2D eigenvalue weighted by Gasteiger charge is 2.35. The van der Waals surface area contributed by atoms with Crippen molar-refractivity contribution in [3.8, 4) is 11.4 Å². The molecule has 12 heteroatoms. The third-order valence-electron chi connectivity index (χ3n) is 5.73. The Kier molecular flexibility index (Phi) is 5.19. The van der Waals surface area contributed by atoms with E-state index < -0.39 is 23.5 Å². The van der Waals surface area contributed by atoms with E-state index >= 15 is 0 Å².